The van der Waals surface area contributed by atoms with Gasteiger partial charge in [-0.2, -0.15) is 0 Å². The third kappa shape index (κ3) is 9.26. The highest BCUT2D eigenvalue weighted by atomic mass is 35.5. The summed E-state index contributed by atoms with van der Waals surface area (Å²) in [6.07, 6.45) is -0.188. The van der Waals surface area contributed by atoms with Crippen LogP contribution in [0.25, 0.3) is 0 Å². The molecule has 0 bridgehead atoms. The largest absolute Gasteiger partial charge is 0.465 e. The SMILES string of the molecule is CCOC(=O)C(C)NCCCc1cc(Cl)ccc1Oc1cc(F)c(S(=O)(=O)N(C(=O)OC(C)(C)C)c2cscn2)cc1Cl. The van der Waals surface area contributed by atoms with Crippen LogP contribution in [-0.4, -0.2) is 50.3 Å². The molecule has 234 valence electrons. The topological polar surface area (TPSA) is 124 Å². The molecule has 3 rings (SSSR count). The minimum absolute atomic E-state index is 0.159. The normalized spacial score (nSPS) is 12.5. The second kappa shape index (κ2) is 14.7. The molecule has 0 aliphatic rings. The van der Waals surface area contributed by atoms with E-state index in [0.717, 1.165) is 23.5 Å². The Morgan fingerprint density at radius 2 is 1.88 bits per heavy atom. The number of amides is 1. The third-order valence-corrected chi connectivity index (χ3v) is 8.44. The molecule has 0 aliphatic carbocycles. The molecule has 0 saturated carbocycles. The number of carbonyl (C=O) groups excluding carboxylic acids is 2. The monoisotopic (exact) mass is 675 g/mol. The zero-order chi connectivity index (χ0) is 31.9. The summed E-state index contributed by atoms with van der Waals surface area (Å²) < 4.78 is 59.0. The number of hydrogen-bond acceptors (Lipinski definition) is 10. The van der Waals surface area contributed by atoms with Gasteiger partial charge in [0, 0.05) is 16.5 Å². The number of nitrogens with one attached hydrogen (secondary N) is 1. The molecule has 1 heterocycles. The maximum atomic E-state index is 15.5. The highest BCUT2D eigenvalue weighted by molar-refractivity contribution is 7.93. The first-order chi connectivity index (χ1) is 20.1. The molecule has 1 aromatic heterocycles. The van der Waals surface area contributed by atoms with Crippen LogP contribution >= 0.6 is 34.5 Å². The number of anilines is 1. The van der Waals surface area contributed by atoms with Gasteiger partial charge in [-0.1, -0.05) is 23.2 Å². The summed E-state index contributed by atoms with van der Waals surface area (Å²) in [5.74, 6) is -1.66. The smallest absolute Gasteiger partial charge is 0.430 e. The van der Waals surface area contributed by atoms with E-state index in [1.54, 1.807) is 52.8 Å². The number of ether oxygens (including phenoxy) is 3. The lowest BCUT2D eigenvalue weighted by molar-refractivity contribution is -0.145. The van der Waals surface area contributed by atoms with Crippen LogP contribution in [-0.2, 0) is 30.7 Å². The van der Waals surface area contributed by atoms with Gasteiger partial charge in [-0.15, -0.1) is 15.6 Å². The first-order valence-electron chi connectivity index (χ1n) is 13.2. The first kappa shape index (κ1) is 34.5. The highest BCUT2D eigenvalue weighted by Gasteiger charge is 2.38. The van der Waals surface area contributed by atoms with Crippen LogP contribution < -0.4 is 14.4 Å². The predicted molar refractivity (Wildman–Crippen MR) is 163 cm³/mol. The quantitative estimate of drug-likeness (QED) is 0.160. The lowest BCUT2D eigenvalue weighted by Crippen LogP contribution is -2.41. The molecule has 1 N–H and O–H groups in total. The van der Waals surface area contributed by atoms with Crippen molar-refractivity contribution in [3.8, 4) is 11.5 Å². The second-order valence-corrected chi connectivity index (χ2v) is 13.5. The van der Waals surface area contributed by atoms with E-state index in [1.165, 1.54) is 10.9 Å². The van der Waals surface area contributed by atoms with E-state index in [2.05, 4.69) is 10.3 Å². The minimum atomic E-state index is -4.85. The van der Waals surface area contributed by atoms with Crippen LogP contribution in [0.5, 0.6) is 11.5 Å². The zero-order valence-electron chi connectivity index (χ0n) is 24.1. The van der Waals surface area contributed by atoms with Crippen molar-refractivity contribution in [3.63, 3.8) is 0 Å². The van der Waals surface area contributed by atoms with Gasteiger partial charge >= 0.3 is 12.1 Å². The summed E-state index contributed by atoms with van der Waals surface area (Å²) in [6, 6.07) is 6.05. The summed E-state index contributed by atoms with van der Waals surface area (Å²) in [5.41, 5.74) is 0.953. The maximum absolute atomic E-state index is 15.5. The lowest BCUT2D eigenvalue weighted by Gasteiger charge is -2.26. The zero-order valence-corrected chi connectivity index (χ0v) is 27.3. The molecule has 15 heteroatoms. The third-order valence-electron chi connectivity index (χ3n) is 5.65. The maximum Gasteiger partial charge on any atom is 0.430 e. The Hall–Kier alpha value is -2.97. The van der Waals surface area contributed by atoms with E-state index in [1.807, 2.05) is 0 Å². The fourth-order valence-corrected chi connectivity index (χ4v) is 6.11. The lowest BCUT2D eigenvalue weighted by atomic mass is 10.1. The number of benzene rings is 2. The Bertz CT molecular complexity index is 1550. The van der Waals surface area contributed by atoms with Crippen molar-refractivity contribution in [2.75, 3.05) is 17.5 Å². The minimum Gasteiger partial charge on any atom is -0.465 e. The Balaban J connectivity index is 1.85. The number of rotatable bonds is 12. The van der Waals surface area contributed by atoms with Crippen molar-refractivity contribution >= 4 is 62.4 Å². The number of hydrogen-bond donors (Lipinski definition) is 1. The van der Waals surface area contributed by atoms with Gasteiger partial charge in [-0.05, 0) is 83.8 Å². The van der Waals surface area contributed by atoms with E-state index in [-0.39, 0.29) is 33.5 Å². The number of thiazole rings is 1. The molecule has 1 unspecified atom stereocenters. The molecule has 0 fully saturated rings. The van der Waals surface area contributed by atoms with Crippen LogP contribution in [0.1, 0.15) is 46.6 Å². The van der Waals surface area contributed by atoms with Crippen LogP contribution in [0, 0.1) is 5.82 Å². The number of nitrogens with zero attached hydrogens (tertiary/aromatic N) is 2. The molecular weight excluding hydrogens is 644 g/mol. The molecule has 2 aromatic carbocycles. The number of halogens is 3. The van der Waals surface area contributed by atoms with Crippen molar-refractivity contribution in [2.45, 2.75) is 64.0 Å². The highest BCUT2D eigenvalue weighted by Crippen LogP contribution is 2.37. The molecule has 0 spiro atoms. The van der Waals surface area contributed by atoms with Gasteiger partial charge in [0.1, 0.15) is 33.9 Å². The van der Waals surface area contributed by atoms with Crippen molar-refractivity contribution in [2.24, 2.45) is 0 Å². The molecule has 43 heavy (non-hydrogen) atoms. The Labute approximate surface area is 264 Å². The Kier molecular flexibility index (Phi) is 11.8. The van der Waals surface area contributed by atoms with E-state index >= 15 is 4.39 Å². The Morgan fingerprint density at radius 1 is 1.16 bits per heavy atom. The number of carbonyl (C=O) groups is 2. The summed E-state index contributed by atoms with van der Waals surface area (Å²) in [5, 5.41) is 4.61. The van der Waals surface area contributed by atoms with Gasteiger partial charge in [0.25, 0.3) is 10.0 Å². The van der Waals surface area contributed by atoms with Crippen molar-refractivity contribution in [3.05, 3.63) is 62.6 Å². The van der Waals surface area contributed by atoms with Crippen LogP contribution in [0.4, 0.5) is 15.0 Å². The summed E-state index contributed by atoms with van der Waals surface area (Å²) in [6.45, 7) is 8.90. The van der Waals surface area contributed by atoms with Crippen LogP contribution in [0.15, 0.2) is 46.1 Å². The molecule has 10 nitrogen and oxygen atoms in total. The van der Waals surface area contributed by atoms with Gasteiger partial charge in [0.05, 0.1) is 17.1 Å². The molecule has 1 atom stereocenters. The van der Waals surface area contributed by atoms with Gasteiger partial charge < -0.3 is 19.5 Å². The van der Waals surface area contributed by atoms with Gasteiger partial charge in [0.2, 0.25) is 0 Å². The van der Waals surface area contributed by atoms with Crippen molar-refractivity contribution in [1.82, 2.24) is 10.3 Å². The van der Waals surface area contributed by atoms with Gasteiger partial charge in [0.15, 0.2) is 5.82 Å². The number of aromatic nitrogens is 1. The number of aryl methyl sites for hydroxylation is 1. The molecule has 0 aliphatic heterocycles. The van der Waals surface area contributed by atoms with Crippen LogP contribution in [0.2, 0.25) is 10.0 Å². The summed E-state index contributed by atoms with van der Waals surface area (Å²) >= 11 is 13.6. The fourth-order valence-electron chi connectivity index (χ4n) is 3.72. The predicted octanol–water partition coefficient (Wildman–Crippen LogP) is 6.99. The Morgan fingerprint density at radius 3 is 2.51 bits per heavy atom. The molecule has 1 amide bonds. The standard InChI is InChI=1S/C28H32Cl2FN3O7S2/c1-6-39-26(35)17(2)32-11-7-8-18-12-19(29)9-10-22(18)40-23-14-21(31)24(13-20(23)30)43(37,38)34(25-15-42-16-33-25)27(36)41-28(3,4)5/h9-10,12-17,32H,6-8,11H2,1-5H3. The molecular formula is C28H32Cl2FN3O7S2. The van der Waals surface area contributed by atoms with E-state index in [9.17, 15) is 18.0 Å². The van der Waals surface area contributed by atoms with Crippen LogP contribution in [0.3, 0.4) is 0 Å². The van der Waals surface area contributed by atoms with Gasteiger partial charge in [-0.3, -0.25) is 4.79 Å². The van der Waals surface area contributed by atoms with E-state index in [0.29, 0.717) is 35.7 Å². The molecule has 3 aromatic rings. The van der Waals surface area contributed by atoms with E-state index in [4.69, 9.17) is 37.4 Å². The van der Waals surface area contributed by atoms with E-state index < -0.39 is 38.5 Å². The van der Waals surface area contributed by atoms with Crippen molar-refractivity contribution < 1.29 is 36.6 Å². The van der Waals surface area contributed by atoms with Crippen molar-refractivity contribution in [1.29, 1.82) is 0 Å². The average Bonchev–Trinajstić information content (AvgIpc) is 3.42. The fraction of sp³-hybridized carbons (Fsp3) is 0.393. The summed E-state index contributed by atoms with van der Waals surface area (Å²) in [4.78, 5) is 27.8. The first-order valence-corrected chi connectivity index (χ1v) is 16.3. The summed E-state index contributed by atoms with van der Waals surface area (Å²) in [7, 11) is -4.85. The molecule has 0 radical (unpaired) electrons. The number of esters is 1. The number of sulfonamides is 1. The molecule has 0 saturated heterocycles. The van der Waals surface area contributed by atoms with Gasteiger partial charge in [-0.25, -0.2) is 22.6 Å². The second-order valence-electron chi connectivity index (χ2n) is 10.2. The average molecular weight is 677 g/mol.